The molecular weight excluding hydrogens is 213 g/mol. The lowest BCUT2D eigenvalue weighted by Crippen LogP contribution is -2.32. The second-order valence-corrected chi connectivity index (χ2v) is 4.75. The fourth-order valence-corrected chi connectivity index (χ4v) is 2.71. The molecule has 1 aromatic carbocycles. The van der Waals surface area contributed by atoms with E-state index in [9.17, 15) is 4.39 Å². The first kappa shape index (κ1) is 10.9. The summed E-state index contributed by atoms with van der Waals surface area (Å²) < 4.78 is 13.8. The zero-order valence-corrected chi connectivity index (χ0v) is 9.36. The summed E-state index contributed by atoms with van der Waals surface area (Å²) in [5, 5.41) is 0.446. The van der Waals surface area contributed by atoms with E-state index in [1.165, 1.54) is 6.07 Å². The van der Waals surface area contributed by atoms with Crippen molar-refractivity contribution in [3.05, 3.63) is 34.6 Å². The van der Waals surface area contributed by atoms with E-state index in [4.69, 9.17) is 17.3 Å². The molecule has 82 valence electrons. The van der Waals surface area contributed by atoms with Crippen molar-refractivity contribution in [2.75, 3.05) is 6.54 Å². The Morgan fingerprint density at radius 1 is 1.33 bits per heavy atom. The molecule has 0 aliphatic heterocycles. The molecule has 0 amide bonds. The summed E-state index contributed by atoms with van der Waals surface area (Å²) in [5.74, 6) is -0.213. The molecule has 3 heteroatoms. The third-order valence-electron chi connectivity index (χ3n) is 3.45. The second-order valence-electron chi connectivity index (χ2n) is 4.32. The van der Waals surface area contributed by atoms with Gasteiger partial charge in [0.1, 0.15) is 5.82 Å². The van der Waals surface area contributed by atoms with E-state index in [0.717, 1.165) is 31.2 Å². The van der Waals surface area contributed by atoms with Crippen LogP contribution in [0, 0.1) is 5.82 Å². The zero-order valence-electron chi connectivity index (χ0n) is 8.60. The Balaban J connectivity index is 2.42. The molecule has 0 saturated heterocycles. The number of hydrogen-bond donors (Lipinski definition) is 1. The monoisotopic (exact) mass is 227 g/mol. The molecule has 1 aliphatic rings. The number of rotatable bonds is 2. The molecule has 1 saturated carbocycles. The SMILES string of the molecule is NCC1(c2ccc(Cl)cc2F)CCCC1. The molecule has 0 bridgehead atoms. The minimum Gasteiger partial charge on any atom is -0.330 e. The topological polar surface area (TPSA) is 26.0 Å². The van der Waals surface area contributed by atoms with E-state index in [-0.39, 0.29) is 11.2 Å². The van der Waals surface area contributed by atoms with Crippen LogP contribution in [0.1, 0.15) is 31.2 Å². The van der Waals surface area contributed by atoms with Crippen molar-refractivity contribution in [3.63, 3.8) is 0 Å². The van der Waals surface area contributed by atoms with Crippen molar-refractivity contribution in [2.45, 2.75) is 31.1 Å². The van der Waals surface area contributed by atoms with Gasteiger partial charge in [0.2, 0.25) is 0 Å². The Morgan fingerprint density at radius 3 is 2.53 bits per heavy atom. The van der Waals surface area contributed by atoms with Gasteiger partial charge in [0.25, 0.3) is 0 Å². The lowest BCUT2D eigenvalue weighted by Gasteiger charge is -2.28. The molecule has 0 radical (unpaired) electrons. The van der Waals surface area contributed by atoms with Gasteiger partial charge in [0.15, 0.2) is 0 Å². The fourth-order valence-electron chi connectivity index (χ4n) is 2.55. The van der Waals surface area contributed by atoms with Gasteiger partial charge in [-0.1, -0.05) is 30.5 Å². The Bertz CT molecular complexity index is 359. The van der Waals surface area contributed by atoms with Crippen molar-refractivity contribution in [1.29, 1.82) is 0 Å². The highest BCUT2D eigenvalue weighted by Gasteiger charge is 2.36. The minimum absolute atomic E-state index is 0.144. The van der Waals surface area contributed by atoms with Crippen molar-refractivity contribution in [3.8, 4) is 0 Å². The van der Waals surface area contributed by atoms with Crippen LogP contribution in [-0.4, -0.2) is 6.54 Å². The summed E-state index contributed by atoms with van der Waals surface area (Å²) in [6, 6.07) is 4.91. The molecule has 2 N–H and O–H groups in total. The first-order valence-electron chi connectivity index (χ1n) is 5.33. The molecule has 1 nitrogen and oxygen atoms in total. The second kappa shape index (κ2) is 4.11. The molecule has 0 aromatic heterocycles. The molecule has 1 fully saturated rings. The first-order valence-corrected chi connectivity index (χ1v) is 5.71. The lowest BCUT2D eigenvalue weighted by molar-refractivity contribution is 0.427. The molecule has 1 aliphatic carbocycles. The van der Waals surface area contributed by atoms with Gasteiger partial charge in [-0.05, 0) is 30.5 Å². The summed E-state index contributed by atoms with van der Waals surface area (Å²) in [7, 11) is 0. The standard InChI is InChI=1S/C12H15ClFN/c13-9-3-4-10(11(14)7-9)12(8-15)5-1-2-6-12/h3-4,7H,1-2,5-6,8,15H2. The molecule has 0 spiro atoms. The highest BCUT2D eigenvalue weighted by atomic mass is 35.5. The molecule has 0 unspecified atom stereocenters. The van der Waals surface area contributed by atoms with Crippen molar-refractivity contribution in [1.82, 2.24) is 0 Å². The summed E-state index contributed by atoms with van der Waals surface area (Å²) in [6.45, 7) is 0.519. The smallest absolute Gasteiger partial charge is 0.128 e. The summed E-state index contributed by atoms with van der Waals surface area (Å²) in [5.41, 5.74) is 6.41. The van der Waals surface area contributed by atoms with Gasteiger partial charge in [-0.15, -0.1) is 0 Å². The van der Waals surface area contributed by atoms with Gasteiger partial charge in [0.05, 0.1) is 0 Å². The van der Waals surface area contributed by atoms with E-state index >= 15 is 0 Å². The van der Waals surface area contributed by atoms with Crippen LogP contribution < -0.4 is 5.73 Å². The molecule has 0 heterocycles. The van der Waals surface area contributed by atoms with E-state index in [2.05, 4.69) is 0 Å². The van der Waals surface area contributed by atoms with Gasteiger partial charge >= 0.3 is 0 Å². The van der Waals surface area contributed by atoms with Crippen molar-refractivity contribution in [2.24, 2.45) is 5.73 Å². The third kappa shape index (κ3) is 1.88. The van der Waals surface area contributed by atoms with Crippen LogP contribution in [-0.2, 0) is 5.41 Å². The van der Waals surface area contributed by atoms with Crippen molar-refractivity contribution >= 4 is 11.6 Å². The average molecular weight is 228 g/mol. The Kier molecular flexibility index (Phi) is 2.98. The molecule has 15 heavy (non-hydrogen) atoms. The Labute approximate surface area is 94.4 Å². The number of nitrogens with two attached hydrogens (primary N) is 1. The average Bonchev–Trinajstić information content (AvgIpc) is 2.67. The van der Waals surface area contributed by atoms with Crippen LogP contribution in [0.15, 0.2) is 18.2 Å². The van der Waals surface area contributed by atoms with Crippen LogP contribution in [0.5, 0.6) is 0 Å². The van der Waals surface area contributed by atoms with Crippen LogP contribution in [0.4, 0.5) is 4.39 Å². The van der Waals surface area contributed by atoms with Crippen LogP contribution in [0.25, 0.3) is 0 Å². The van der Waals surface area contributed by atoms with Gasteiger partial charge in [-0.2, -0.15) is 0 Å². The maximum atomic E-state index is 13.8. The van der Waals surface area contributed by atoms with E-state index in [0.29, 0.717) is 11.6 Å². The normalized spacial score (nSPS) is 19.4. The van der Waals surface area contributed by atoms with Gasteiger partial charge in [-0.25, -0.2) is 4.39 Å². The van der Waals surface area contributed by atoms with Crippen LogP contribution >= 0.6 is 11.6 Å². The molecule has 0 atom stereocenters. The zero-order chi connectivity index (χ0) is 10.9. The number of halogens is 2. The maximum absolute atomic E-state index is 13.8. The third-order valence-corrected chi connectivity index (χ3v) is 3.69. The quantitative estimate of drug-likeness (QED) is 0.825. The maximum Gasteiger partial charge on any atom is 0.128 e. The summed E-state index contributed by atoms with van der Waals surface area (Å²) in [6.07, 6.45) is 4.25. The number of hydrogen-bond acceptors (Lipinski definition) is 1. The summed E-state index contributed by atoms with van der Waals surface area (Å²) in [4.78, 5) is 0. The molecule has 1 aromatic rings. The Hall–Kier alpha value is -0.600. The highest BCUT2D eigenvalue weighted by Crippen LogP contribution is 2.41. The largest absolute Gasteiger partial charge is 0.330 e. The molecular formula is C12H15ClFN. The lowest BCUT2D eigenvalue weighted by atomic mass is 9.79. The highest BCUT2D eigenvalue weighted by molar-refractivity contribution is 6.30. The van der Waals surface area contributed by atoms with Crippen molar-refractivity contribution < 1.29 is 4.39 Å². The predicted molar refractivity (Wildman–Crippen MR) is 60.6 cm³/mol. The molecule has 2 rings (SSSR count). The summed E-state index contributed by atoms with van der Waals surface area (Å²) >= 11 is 5.74. The van der Waals surface area contributed by atoms with E-state index in [1.54, 1.807) is 12.1 Å². The van der Waals surface area contributed by atoms with Crippen LogP contribution in [0.3, 0.4) is 0 Å². The van der Waals surface area contributed by atoms with Gasteiger partial charge < -0.3 is 5.73 Å². The van der Waals surface area contributed by atoms with E-state index in [1.807, 2.05) is 0 Å². The van der Waals surface area contributed by atoms with Gasteiger partial charge in [0, 0.05) is 17.0 Å². The fraction of sp³-hybridized carbons (Fsp3) is 0.500. The van der Waals surface area contributed by atoms with E-state index < -0.39 is 0 Å². The Morgan fingerprint density at radius 2 is 2.00 bits per heavy atom. The van der Waals surface area contributed by atoms with Gasteiger partial charge in [-0.3, -0.25) is 0 Å². The minimum atomic E-state index is -0.213. The van der Waals surface area contributed by atoms with Crippen LogP contribution in [0.2, 0.25) is 5.02 Å². The first-order chi connectivity index (χ1) is 7.18. The number of benzene rings is 1. The predicted octanol–water partition coefficient (Wildman–Crippen LogP) is 3.25.